The third-order valence-corrected chi connectivity index (χ3v) is 4.73. The van der Waals surface area contributed by atoms with E-state index in [9.17, 15) is 8.42 Å². The Morgan fingerprint density at radius 2 is 2.07 bits per heavy atom. The molecule has 0 fully saturated rings. The van der Waals surface area contributed by atoms with Crippen LogP contribution in [0.2, 0.25) is 0 Å². The van der Waals surface area contributed by atoms with Crippen molar-refractivity contribution in [1.29, 1.82) is 5.26 Å². The Bertz CT molecular complexity index is 317. The summed E-state index contributed by atoms with van der Waals surface area (Å²) < 4.78 is 25.0. The van der Waals surface area contributed by atoms with E-state index in [2.05, 4.69) is 4.72 Å². The minimum absolute atomic E-state index is 0.151. The molecular weight excluding hydrogens is 220 g/mol. The number of hydrogen-bond acceptors (Lipinski definition) is 4. The number of thioether (sulfide) groups is 1. The lowest BCUT2D eigenvalue weighted by atomic mass is 10.2. The lowest BCUT2D eigenvalue weighted by molar-refractivity contribution is 0.566. The van der Waals surface area contributed by atoms with Crippen molar-refractivity contribution < 1.29 is 8.42 Å². The summed E-state index contributed by atoms with van der Waals surface area (Å²) in [5, 5.41) is 7.48. The molecule has 0 bridgehead atoms. The standard InChI is InChI=1S/C8H16N2O2S2/c1-7(5-9)14(11,12)10-6-8(2,3)13-4/h7,10H,6H2,1-4H3. The Morgan fingerprint density at radius 1 is 1.57 bits per heavy atom. The summed E-state index contributed by atoms with van der Waals surface area (Å²) in [6, 6.07) is 1.70. The van der Waals surface area contributed by atoms with E-state index in [0.717, 1.165) is 0 Å². The highest BCUT2D eigenvalue weighted by molar-refractivity contribution is 8.00. The normalized spacial score (nSPS) is 14.8. The Labute approximate surface area is 90.1 Å². The number of nitrogens with one attached hydrogen (secondary N) is 1. The second kappa shape index (κ2) is 5.01. The van der Waals surface area contributed by atoms with E-state index < -0.39 is 15.3 Å². The molecule has 0 aliphatic rings. The Balaban J connectivity index is 4.36. The van der Waals surface area contributed by atoms with Crippen LogP contribution in [-0.2, 0) is 10.0 Å². The molecule has 0 saturated heterocycles. The lowest BCUT2D eigenvalue weighted by Gasteiger charge is -2.22. The summed E-state index contributed by atoms with van der Waals surface area (Å²) in [6.45, 7) is 5.59. The third kappa shape index (κ3) is 4.31. The van der Waals surface area contributed by atoms with Gasteiger partial charge in [-0.1, -0.05) is 0 Å². The van der Waals surface area contributed by atoms with Crippen molar-refractivity contribution >= 4 is 21.8 Å². The van der Waals surface area contributed by atoms with Crippen molar-refractivity contribution in [2.45, 2.75) is 30.8 Å². The fraction of sp³-hybridized carbons (Fsp3) is 0.875. The van der Waals surface area contributed by atoms with Crippen molar-refractivity contribution in [2.75, 3.05) is 12.8 Å². The van der Waals surface area contributed by atoms with Crippen molar-refractivity contribution in [3.8, 4) is 6.07 Å². The van der Waals surface area contributed by atoms with Gasteiger partial charge in [0.25, 0.3) is 0 Å². The molecule has 6 heteroatoms. The maximum atomic E-state index is 11.4. The van der Waals surface area contributed by atoms with E-state index in [0.29, 0.717) is 6.54 Å². The van der Waals surface area contributed by atoms with Crippen molar-refractivity contribution in [3.63, 3.8) is 0 Å². The first kappa shape index (κ1) is 13.8. The van der Waals surface area contributed by atoms with Crippen LogP contribution in [0.5, 0.6) is 0 Å². The van der Waals surface area contributed by atoms with Crippen LogP contribution in [0.25, 0.3) is 0 Å². The fourth-order valence-electron chi connectivity index (χ4n) is 0.541. The van der Waals surface area contributed by atoms with Crippen LogP contribution in [0.15, 0.2) is 0 Å². The zero-order chi connectivity index (χ0) is 11.4. The summed E-state index contributed by atoms with van der Waals surface area (Å²) in [7, 11) is -3.48. The molecule has 1 N–H and O–H groups in total. The minimum atomic E-state index is -3.48. The zero-order valence-corrected chi connectivity index (χ0v) is 10.5. The highest BCUT2D eigenvalue weighted by Gasteiger charge is 2.24. The molecule has 0 radical (unpaired) electrons. The molecule has 0 spiro atoms. The predicted octanol–water partition coefficient (Wildman–Crippen LogP) is 0.959. The first-order chi connectivity index (χ1) is 6.25. The molecule has 1 unspecified atom stereocenters. The molecule has 0 aliphatic carbocycles. The average molecular weight is 236 g/mol. The van der Waals surface area contributed by atoms with Crippen LogP contribution in [-0.4, -0.2) is 31.2 Å². The Hall–Kier alpha value is -0.250. The monoisotopic (exact) mass is 236 g/mol. The van der Waals surface area contributed by atoms with Gasteiger partial charge >= 0.3 is 0 Å². The van der Waals surface area contributed by atoms with Gasteiger partial charge in [-0.05, 0) is 27.0 Å². The van der Waals surface area contributed by atoms with Crippen LogP contribution < -0.4 is 4.72 Å². The van der Waals surface area contributed by atoms with Gasteiger partial charge in [0.2, 0.25) is 10.0 Å². The van der Waals surface area contributed by atoms with Crippen molar-refractivity contribution in [2.24, 2.45) is 0 Å². The van der Waals surface area contributed by atoms with Crippen LogP contribution in [0, 0.1) is 11.3 Å². The van der Waals surface area contributed by atoms with Gasteiger partial charge in [0.1, 0.15) is 0 Å². The first-order valence-electron chi connectivity index (χ1n) is 4.18. The van der Waals surface area contributed by atoms with Gasteiger partial charge in [-0.2, -0.15) is 17.0 Å². The van der Waals surface area contributed by atoms with Crippen LogP contribution in [0.3, 0.4) is 0 Å². The molecule has 0 aromatic carbocycles. The quantitative estimate of drug-likeness (QED) is 0.772. The zero-order valence-electron chi connectivity index (χ0n) is 8.86. The molecule has 0 saturated carbocycles. The van der Waals surface area contributed by atoms with E-state index in [1.54, 1.807) is 17.8 Å². The molecule has 0 aromatic rings. The van der Waals surface area contributed by atoms with Gasteiger partial charge in [0, 0.05) is 11.3 Å². The molecule has 0 amide bonds. The number of rotatable bonds is 5. The number of nitrogens with zero attached hydrogens (tertiary/aromatic N) is 1. The van der Waals surface area contributed by atoms with Gasteiger partial charge in [-0.15, -0.1) is 0 Å². The molecule has 0 rings (SSSR count). The second-order valence-corrected chi connectivity index (χ2v) is 7.20. The lowest BCUT2D eigenvalue weighted by Crippen LogP contribution is -2.39. The summed E-state index contributed by atoms with van der Waals surface area (Å²) in [6.07, 6.45) is 1.92. The number of hydrogen-bond donors (Lipinski definition) is 1. The molecular formula is C8H16N2O2S2. The molecule has 0 aromatic heterocycles. The highest BCUT2D eigenvalue weighted by atomic mass is 32.2. The van der Waals surface area contributed by atoms with Crippen LogP contribution in [0.4, 0.5) is 0 Å². The SMILES string of the molecule is CSC(C)(C)CNS(=O)(=O)C(C)C#N. The van der Waals surface area contributed by atoms with Crippen molar-refractivity contribution in [1.82, 2.24) is 4.72 Å². The second-order valence-electron chi connectivity index (χ2n) is 3.60. The highest BCUT2D eigenvalue weighted by Crippen LogP contribution is 2.20. The van der Waals surface area contributed by atoms with E-state index in [1.807, 2.05) is 20.1 Å². The largest absolute Gasteiger partial charge is 0.227 e. The van der Waals surface area contributed by atoms with Gasteiger partial charge in [-0.25, -0.2) is 13.1 Å². The molecule has 0 heterocycles. The maximum Gasteiger partial charge on any atom is 0.227 e. The van der Waals surface area contributed by atoms with Crippen LogP contribution >= 0.6 is 11.8 Å². The Morgan fingerprint density at radius 3 is 2.43 bits per heavy atom. The smallest absolute Gasteiger partial charge is 0.213 e. The van der Waals surface area contributed by atoms with Gasteiger partial charge in [0.15, 0.2) is 5.25 Å². The maximum absolute atomic E-state index is 11.4. The summed E-state index contributed by atoms with van der Waals surface area (Å²) >= 11 is 1.58. The average Bonchev–Trinajstić information content (AvgIpc) is 2.14. The van der Waals surface area contributed by atoms with Gasteiger partial charge in [0.05, 0.1) is 6.07 Å². The molecule has 1 atom stereocenters. The van der Waals surface area contributed by atoms with Crippen molar-refractivity contribution in [3.05, 3.63) is 0 Å². The predicted molar refractivity (Wildman–Crippen MR) is 59.6 cm³/mol. The summed E-state index contributed by atoms with van der Waals surface area (Å²) in [5.41, 5.74) is 0. The van der Waals surface area contributed by atoms with E-state index in [-0.39, 0.29) is 4.75 Å². The molecule has 0 aliphatic heterocycles. The minimum Gasteiger partial charge on any atom is -0.213 e. The number of nitriles is 1. The molecule has 82 valence electrons. The number of sulfonamides is 1. The summed E-state index contributed by atoms with van der Waals surface area (Å²) in [5.74, 6) is 0. The van der Waals surface area contributed by atoms with E-state index in [4.69, 9.17) is 5.26 Å². The topological polar surface area (TPSA) is 70.0 Å². The summed E-state index contributed by atoms with van der Waals surface area (Å²) in [4.78, 5) is 0. The first-order valence-corrected chi connectivity index (χ1v) is 6.95. The van der Waals surface area contributed by atoms with E-state index >= 15 is 0 Å². The third-order valence-electron chi connectivity index (χ3n) is 1.90. The van der Waals surface area contributed by atoms with Gasteiger partial charge in [-0.3, -0.25) is 0 Å². The van der Waals surface area contributed by atoms with Gasteiger partial charge < -0.3 is 0 Å². The van der Waals surface area contributed by atoms with Crippen LogP contribution in [0.1, 0.15) is 20.8 Å². The Kier molecular flexibility index (Phi) is 4.92. The molecule has 14 heavy (non-hydrogen) atoms. The molecule has 4 nitrogen and oxygen atoms in total. The van der Waals surface area contributed by atoms with E-state index in [1.165, 1.54) is 6.92 Å². The fourth-order valence-corrected chi connectivity index (χ4v) is 1.80.